The fraction of sp³-hybridized carbons (Fsp3) is 0.294. The van der Waals surface area contributed by atoms with Crippen molar-refractivity contribution in [2.45, 2.75) is 20.4 Å². The van der Waals surface area contributed by atoms with Crippen LogP contribution >= 0.6 is 0 Å². The van der Waals surface area contributed by atoms with E-state index in [1.165, 1.54) is 11.8 Å². The molecule has 0 unspecified atom stereocenters. The Morgan fingerprint density at radius 3 is 2.20 bits per heavy atom. The molecule has 0 saturated carbocycles. The first-order valence-corrected chi connectivity index (χ1v) is 7.07. The topological polar surface area (TPSA) is 15.3 Å². The van der Waals surface area contributed by atoms with Crippen molar-refractivity contribution in [3.05, 3.63) is 59.9 Å². The highest BCUT2D eigenvalue weighted by molar-refractivity contribution is 5.49. The number of benzene rings is 2. The summed E-state index contributed by atoms with van der Waals surface area (Å²) in [4.78, 5) is 2.30. The molecule has 2 rings (SSSR count). The van der Waals surface area contributed by atoms with Gasteiger partial charge in [0.1, 0.15) is 5.82 Å². The molecule has 0 amide bonds. The van der Waals surface area contributed by atoms with E-state index in [0.717, 1.165) is 18.7 Å². The molecule has 0 aromatic heterocycles. The third-order valence-corrected chi connectivity index (χ3v) is 3.42. The summed E-state index contributed by atoms with van der Waals surface area (Å²) in [6.07, 6.45) is 0. The Labute approximate surface area is 120 Å². The summed E-state index contributed by atoms with van der Waals surface area (Å²) in [7, 11) is 0. The molecule has 0 aliphatic carbocycles. The van der Waals surface area contributed by atoms with Gasteiger partial charge in [-0.3, -0.25) is 0 Å². The SMILES string of the molecule is CCN(CC)c1ccc(CNc2ccccc2F)cc1. The van der Waals surface area contributed by atoms with Crippen LogP contribution in [0.2, 0.25) is 0 Å². The molecule has 0 aliphatic rings. The van der Waals surface area contributed by atoms with E-state index in [1.807, 2.05) is 6.07 Å². The van der Waals surface area contributed by atoms with Crippen molar-refractivity contribution in [2.24, 2.45) is 0 Å². The second-order valence-electron chi connectivity index (χ2n) is 4.67. The minimum atomic E-state index is -0.215. The largest absolute Gasteiger partial charge is 0.379 e. The van der Waals surface area contributed by atoms with Gasteiger partial charge in [0.05, 0.1) is 5.69 Å². The van der Waals surface area contributed by atoms with Gasteiger partial charge >= 0.3 is 0 Å². The van der Waals surface area contributed by atoms with Crippen LogP contribution in [0.5, 0.6) is 0 Å². The molecule has 0 radical (unpaired) electrons. The van der Waals surface area contributed by atoms with E-state index >= 15 is 0 Å². The molecule has 0 bridgehead atoms. The number of rotatable bonds is 6. The molecule has 0 fully saturated rings. The number of nitrogens with one attached hydrogen (secondary N) is 1. The van der Waals surface area contributed by atoms with Crippen LogP contribution < -0.4 is 10.2 Å². The van der Waals surface area contributed by atoms with Crippen LogP contribution in [0.15, 0.2) is 48.5 Å². The molecule has 0 atom stereocenters. The standard InChI is InChI=1S/C17H21FN2/c1-3-20(4-2)15-11-9-14(10-12-15)13-19-17-8-6-5-7-16(17)18/h5-12,19H,3-4,13H2,1-2H3. The van der Waals surface area contributed by atoms with E-state index in [9.17, 15) is 4.39 Å². The summed E-state index contributed by atoms with van der Waals surface area (Å²) >= 11 is 0. The van der Waals surface area contributed by atoms with Crippen LogP contribution in [-0.2, 0) is 6.54 Å². The molecule has 0 saturated heterocycles. The zero-order valence-corrected chi connectivity index (χ0v) is 12.1. The molecule has 2 aromatic rings. The summed E-state index contributed by atoms with van der Waals surface area (Å²) < 4.78 is 13.5. The van der Waals surface area contributed by atoms with E-state index in [-0.39, 0.29) is 5.82 Å². The minimum Gasteiger partial charge on any atom is -0.379 e. The monoisotopic (exact) mass is 272 g/mol. The summed E-state index contributed by atoms with van der Waals surface area (Å²) in [5, 5.41) is 3.12. The third kappa shape index (κ3) is 3.50. The molecule has 3 heteroatoms. The molecule has 106 valence electrons. The lowest BCUT2D eigenvalue weighted by Crippen LogP contribution is -2.21. The van der Waals surface area contributed by atoms with Gasteiger partial charge in [0.25, 0.3) is 0 Å². The number of anilines is 2. The first kappa shape index (κ1) is 14.4. The van der Waals surface area contributed by atoms with E-state index in [1.54, 1.807) is 12.1 Å². The van der Waals surface area contributed by atoms with Crippen LogP contribution in [0.3, 0.4) is 0 Å². The molecule has 0 heterocycles. The molecular formula is C17H21FN2. The maximum atomic E-state index is 13.5. The molecule has 0 spiro atoms. The van der Waals surface area contributed by atoms with Gasteiger partial charge in [-0.2, -0.15) is 0 Å². The zero-order valence-electron chi connectivity index (χ0n) is 12.1. The number of para-hydroxylation sites is 1. The van der Waals surface area contributed by atoms with Crippen molar-refractivity contribution < 1.29 is 4.39 Å². The van der Waals surface area contributed by atoms with Crippen molar-refractivity contribution in [1.29, 1.82) is 0 Å². The summed E-state index contributed by atoms with van der Waals surface area (Å²) in [5.41, 5.74) is 2.91. The average Bonchev–Trinajstić information content (AvgIpc) is 2.49. The van der Waals surface area contributed by atoms with Crippen molar-refractivity contribution in [2.75, 3.05) is 23.3 Å². The maximum absolute atomic E-state index is 13.5. The van der Waals surface area contributed by atoms with Gasteiger partial charge in [-0.05, 0) is 43.7 Å². The van der Waals surface area contributed by atoms with Crippen LogP contribution in [0, 0.1) is 5.82 Å². The lowest BCUT2D eigenvalue weighted by atomic mass is 10.2. The summed E-state index contributed by atoms with van der Waals surface area (Å²) in [6.45, 7) is 6.93. The van der Waals surface area contributed by atoms with Crippen LogP contribution in [0.1, 0.15) is 19.4 Å². The van der Waals surface area contributed by atoms with Gasteiger partial charge in [0, 0.05) is 25.3 Å². The third-order valence-electron chi connectivity index (χ3n) is 3.42. The van der Waals surface area contributed by atoms with E-state index < -0.39 is 0 Å². The van der Waals surface area contributed by atoms with Gasteiger partial charge < -0.3 is 10.2 Å². The molecule has 2 aromatic carbocycles. The van der Waals surface area contributed by atoms with E-state index in [4.69, 9.17) is 0 Å². The number of hydrogen-bond acceptors (Lipinski definition) is 2. The Hall–Kier alpha value is -2.03. The Morgan fingerprint density at radius 1 is 0.950 bits per heavy atom. The second kappa shape index (κ2) is 6.94. The van der Waals surface area contributed by atoms with Gasteiger partial charge in [0.2, 0.25) is 0 Å². The molecule has 20 heavy (non-hydrogen) atoms. The highest BCUT2D eigenvalue weighted by atomic mass is 19.1. The van der Waals surface area contributed by atoms with Crippen LogP contribution in [-0.4, -0.2) is 13.1 Å². The number of hydrogen-bond donors (Lipinski definition) is 1. The lowest BCUT2D eigenvalue weighted by molar-refractivity contribution is 0.630. The summed E-state index contributed by atoms with van der Waals surface area (Å²) in [5.74, 6) is -0.215. The van der Waals surface area contributed by atoms with Gasteiger partial charge in [-0.1, -0.05) is 24.3 Å². The number of nitrogens with zero attached hydrogens (tertiary/aromatic N) is 1. The first-order chi connectivity index (χ1) is 9.74. The van der Waals surface area contributed by atoms with Gasteiger partial charge in [0.15, 0.2) is 0 Å². The fourth-order valence-electron chi connectivity index (χ4n) is 2.22. The van der Waals surface area contributed by atoms with Crippen molar-refractivity contribution in [1.82, 2.24) is 0 Å². The quantitative estimate of drug-likeness (QED) is 0.844. The predicted octanol–water partition coefficient (Wildman–Crippen LogP) is 4.28. The Bertz CT molecular complexity index is 533. The zero-order chi connectivity index (χ0) is 14.4. The minimum absolute atomic E-state index is 0.215. The second-order valence-corrected chi connectivity index (χ2v) is 4.67. The molecule has 2 nitrogen and oxygen atoms in total. The Morgan fingerprint density at radius 2 is 1.60 bits per heavy atom. The summed E-state index contributed by atoms with van der Waals surface area (Å²) in [6, 6.07) is 15.1. The van der Waals surface area contributed by atoms with Gasteiger partial charge in [-0.15, -0.1) is 0 Å². The van der Waals surface area contributed by atoms with Crippen molar-refractivity contribution in [3.63, 3.8) is 0 Å². The Kier molecular flexibility index (Phi) is 4.99. The predicted molar refractivity (Wildman–Crippen MR) is 83.7 cm³/mol. The lowest BCUT2D eigenvalue weighted by Gasteiger charge is -2.21. The van der Waals surface area contributed by atoms with Crippen LogP contribution in [0.4, 0.5) is 15.8 Å². The number of halogens is 1. The Balaban J connectivity index is 1.99. The van der Waals surface area contributed by atoms with Crippen LogP contribution in [0.25, 0.3) is 0 Å². The molecule has 1 N–H and O–H groups in total. The highest BCUT2D eigenvalue weighted by Gasteiger charge is 2.02. The normalized spacial score (nSPS) is 10.3. The molecular weight excluding hydrogens is 251 g/mol. The van der Waals surface area contributed by atoms with E-state index in [0.29, 0.717) is 12.2 Å². The van der Waals surface area contributed by atoms with Crippen molar-refractivity contribution in [3.8, 4) is 0 Å². The maximum Gasteiger partial charge on any atom is 0.146 e. The smallest absolute Gasteiger partial charge is 0.146 e. The van der Waals surface area contributed by atoms with E-state index in [2.05, 4.69) is 48.3 Å². The van der Waals surface area contributed by atoms with Gasteiger partial charge in [-0.25, -0.2) is 4.39 Å². The highest BCUT2D eigenvalue weighted by Crippen LogP contribution is 2.17. The average molecular weight is 272 g/mol. The first-order valence-electron chi connectivity index (χ1n) is 7.07. The fourth-order valence-corrected chi connectivity index (χ4v) is 2.22. The van der Waals surface area contributed by atoms with Crippen molar-refractivity contribution >= 4 is 11.4 Å². The molecule has 0 aliphatic heterocycles.